The third-order valence-electron chi connectivity index (χ3n) is 1.90. The average molecular weight is 170 g/mol. The highest BCUT2D eigenvalue weighted by atomic mass is 16.5. The molecular formula is C8H14N2O2. The molecule has 0 aromatic carbocycles. The summed E-state index contributed by atoms with van der Waals surface area (Å²) in [6.07, 6.45) is 0.814. The zero-order chi connectivity index (χ0) is 8.81. The summed E-state index contributed by atoms with van der Waals surface area (Å²) in [7, 11) is 1.65. The van der Waals surface area contributed by atoms with E-state index in [0.717, 1.165) is 19.5 Å². The molecule has 1 heterocycles. The summed E-state index contributed by atoms with van der Waals surface area (Å²) < 4.78 is 4.93. The number of ether oxygens (including phenoxy) is 1. The van der Waals surface area contributed by atoms with E-state index < -0.39 is 0 Å². The van der Waals surface area contributed by atoms with Crippen LogP contribution in [0.3, 0.4) is 0 Å². The van der Waals surface area contributed by atoms with Gasteiger partial charge in [0, 0.05) is 26.8 Å². The van der Waals surface area contributed by atoms with Crippen LogP contribution >= 0.6 is 0 Å². The van der Waals surface area contributed by atoms with Crippen molar-refractivity contribution in [3.63, 3.8) is 0 Å². The van der Waals surface area contributed by atoms with E-state index in [2.05, 4.69) is 10.6 Å². The second-order valence-corrected chi connectivity index (χ2v) is 2.73. The molecular weight excluding hydrogens is 156 g/mol. The Balaban J connectivity index is 2.42. The predicted octanol–water partition coefficient (Wildman–Crippen LogP) is -0.700. The van der Waals surface area contributed by atoms with E-state index in [-0.39, 0.29) is 6.04 Å². The second kappa shape index (κ2) is 4.93. The van der Waals surface area contributed by atoms with Crippen LogP contribution in [0.4, 0.5) is 0 Å². The van der Waals surface area contributed by atoms with Crippen molar-refractivity contribution >= 4 is 5.94 Å². The van der Waals surface area contributed by atoms with Crippen LogP contribution in [0.5, 0.6) is 0 Å². The van der Waals surface area contributed by atoms with Gasteiger partial charge in [0.05, 0.1) is 6.04 Å². The number of nitrogens with one attached hydrogen (secondary N) is 2. The molecule has 4 nitrogen and oxygen atoms in total. The minimum atomic E-state index is 0.0937. The first-order valence-electron chi connectivity index (χ1n) is 4.09. The summed E-state index contributed by atoms with van der Waals surface area (Å²) in [6.45, 7) is 2.35. The first-order valence-corrected chi connectivity index (χ1v) is 4.09. The van der Waals surface area contributed by atoms with E-state index in [4.69, 9.17) is 4.74 Å². The maximum Gasteiger partial charge on any atom is 0.147 e. The molecule has 1 aliphatic rings. The Morgan fingerprint density at radius 1 is 1.67 bits per heavy atom. The predicted molar refractivity (Wildman–Crippen MR) is 45.5 cm³/mol. The zero-order valence-corrected chi connectivity index (χ0v) is 7.22. The number of carbonyl (C=O) groups excluding carboxylic acids is 1. The third kappa shape index (κ3) is 2.34. The Kier molecular flexibility index (Phi) is 3.80. The first kappa shape index (κ1) is 9.26. The fourth-order valence-corrected chi connectivity index (χ4v) is 1.26. The van der Waals surface area contributed by atoms with Gasteiger partial charge < -0.3 is 15.4 Å². The van der Waals surface area contributed by atoms with Crippen molar-refractivity contribution in [2.75, 3.05) is 26.8 Å². The minimum absolute atomic E-state index is 0.0937. The summed E-state index contributed by atoms with van der Waals surface area (Å²) in [5, 5.41) is 6.22. The van der Waals surface area contributed by atoms with Gasteiger partial charge in [0.25, 0.3) is 0 Å². The van der Waals surface area contributed by atoms with E-state index in [0.29, 0.717) is 12.3 Å². The molecule has 1 unspecified atom stereocenters. The molecule has 0 aliphatic carbocycles. The van der Waals surface area contributed by atoms with Crippen molar-refractivity contribution in [2.45, 2.75) is 12.5 Å². The van der Waals surface area contributed by atoms with Crippen LogP contribution in [-0.2, 0) is 9.53 Å². The maximum atomic E-state index is 10.4. The molecule has 0 amide bonds. The highest BCUT2D eigenvalue weighted by Crippen LogP contribution is 2.03. The molecule has 1 aliphatic heterocycles. The van der Waals surface area contributed by atoms with Crippen molar-refractivity contribution in [3.8, 4) is 0 Å². The summed E-state index contributed by atoms with van der Waals surface area (Å²) in [5.74, 6) is 1.90. The second-order valence-electron chi connectivity index (χ2n) is 2.73. The molecule has 1 atom stereocenters. The lowest BCUT2D eigenvalue weighted by molar-refractivity contribution is 0.184. The molecule has 68 valence electrons. The van der Waals surface area contributed by atoms with Crippen molar-refractivity contribution in [3.05, 3.63) is 5.70 Å². The van der Waals surface area contributed by atoms with Crippen LogP contribution in [0.1, 0.15) is 6.42 Å². The van der Waals surface area contributed by atoms with E-state index in [1.54, 1.807) is 7.11 Å². The van der Waals surface area contributed by atoms with Crippen molar-refractivity contribution < 1.29 is 9.53 Å². The average Bonchev–Trinajstić information content (AvgIpc) is 2.15. The molecule has 0 bridgehead atoms. The van der Waals surface area contributed by atoms with Gasteiger partial charge >= 0.3 is 0 Å². The summed E-state index contributed by atoms with van der Waals surface area (Å²) in [5.41, 5.74) is 0.623. The number of rotatable bonds is 3. The maximum absolute atomic E-state index is 10.4. The zero-order valence-electron chi connectivity index (χ0n) is 7.22. The highest BCUT2D eigenvalue weighted by molar-refractivity contribution is 5.54. The Bertz CT molecular complexity index is 187. The van der Waals surface area contributed by atoms with Crippen LogP contribution < -0.4 is 10.6 Å². The summed E-state index contributed by atoms with van der Waals surface area (Å²) >= 11 is 0. The van der Waals surface area contributed by atoms with Crippen molar-refractivity contribution in [1.82, 2.24) is 10.6 Å². The lowest BCUT2D eigenvalue weighted by Gasteiger charge is -2.25. The van der Waals surface area contributed by atoms with Crippen LogP contribution in [-0.4, -0.2) is 38.8 Å². The lowest BCUT2D eigenvalue weighted by atomic mass is 10.1. The van der Waals surface area contributed by atoms with Gasteiger partial charge in [-0.3, -0.25) is 0 Å². The number of piperazine rings is 1. The highest BCUT2D eigenvalue weighted by Gasteiger charge is 2.17. The molecule has 0 spiro atoms. The topological polar surface area (TPSA) is 50.4 Å². The molecule has 2 N–H and O–H groups in total. The molecule has 1 rings (SSSR count). The van der Waals surface area contributed by atoms with Gasteiger partial charge in [-0.15, -0.1) is 0 Å². The lowest BCUT2D eigenvalue weighted by Crippen LogP contribution is -2.47. The van der Waals surface area contributed by atoms with Gasteiger partial charge in [0.15, 0.2) is 0 Å². The monoisotopic (exact) mass is 170 g/mol. The van der Waals surface area contributed by atoms with Crippen molar-refractivity contribution in [1.29, 1.82) is 0 Å². The molecule has 4 heteroatoms. The van der Waals surface area contributed by atoms with Crippen molar-refractivity contribution in [2.24, 2.45) is 0 Å². The standard InChI is InChI=1S/C8H14N2O2/c1-12-5-2-7-8(6-11)10-4-3-9-7/h7,9-10H,2-5H2,1H3. The van der Waals surface area contributed by atoms with Gasteiger partial charge in [0.1, 0.15) is 11.6 Å². The van der Waals surface area contributed by atoms with Gasteiger partial charge in [-0.25, -0.2) is 4.79 Å². The van der Waals surface area contributed by atoms with E-state index in [1.165, 1.54) is 0 Å². The Morgan fingerprint density at radius 3 is 3.17 bits per heavy atom. The van der Waals surface area contributed by atoms with Gasteiger partial charge in [0.2, 0.25) is 0 Å². The Morgan fingerprint density at radius 2 is 2.50 bits per heavy atom. The molecule has 1 fully saturated rings. The van der Waals surface area contributed by atoms with Gasteiger partial charge in [-0.1, -0.05) is 0 Å². The normalized spacial score (nSPS) is 23.1. The molecule has 0 aromatic rings. The van der Waals surface area contributed by atoms with E-state index in [9.17, 15) is 4.79 Å². The Hall–Kier alpha value is -0.830. The molecule has 1 saturated heterocycles. The summed E-state index contributed by atoms with van der Waals surface area (Å²) in [6, 6.07) is 0.0937. The van der Waals surface area contributed by atoms with E-state index in [1.807, 2.05) is 5.94 Å². The molecule has 0 saturated carbocycles. The minimum Gasteiger partial charge on any atom is -0.385 e. The van der Waals surface area contributed by atoms with E-state index >= 15 is 0 Å². The largest absolute Gasteiger partial charge is 0.385 e. The van der Waals surface area contributed by atoms with Crippen LogP contribution in [0, 0.1) is 0 Å². The molecule has 0 aromatic heterocycles. The quantitative estimate of drug-likeness (QED) is 0.550. The Labute approximate surface area is 72.0 Å². The smallest absolute Gasteiger partial charge is 0.147 e. The van der Waals surface area contributed by atoms with Gasteiger partial charge in [-0.05, 0) is 6.42 Å². The molecule has 12 heavy (non-hydrogen) atoms. The fraction of sp³-hybridized carbons (Fsp3) is 0.750. The fourth-order valence-electron chi connectivity index (χ4n) is 1.26. The SMILES string of the molecule is COCCC1NCCNC1=C=O. The first-order chi connectivity index (χ1) is 5.88. The number of methoxy groups -OCH3 is 1. The molecule has 0 radical (unpaired) electrons. The van der Waals surface area contributed by atoms with Crippen LogP contribution in [0.25, 0.3) is 0 Å². The number of hydrogen-bond donors (Lipinski definition) is 2. The van der Waals surface area contributed by atoms with Gasteiger partial charge in [-0.2, -0.15) is 0 Å². The van der Waals surface area contributed by atoms with Crippen LogP contribution in [0.2, 0.25) is 0 Å². The van der Waals surface area contributed by atoms with Crippen LogP contribution in [0.15, 0.2) is 5.70 Å². The third-order valence-corrected chi connectivity index (χ3v) is 1.90. The number of hydrogen-bond acceptors (Lipinski definition) is 4. The summed E-state index contributed by atoms with van der Waals surface area (Å²) in [4.78, 5) is 10.4.